The molecule has 0 bridgehead atoms. The number of nitrogens with zero attached hydrogens (tertiary/aromatic N) is 2. The molecule has 0 aromatic heterocycles. The number of carbonyl (C=O) groups excluding carboxylic acids is 2. The van der Waals surface area contributed by atoms with Gasteiger partial charge in [-0.2, -0.15) is 0 Å². The van der Waals surface area contributed by atoms with Crippen molar-refractivity contribution >= 4 is 35.4 Å². The van der Waals surface area contributed by atoms with Gasteiger partial charge in [0.2, 0.25) is 0 Å². The number of hydrogen-bond acceptors (Lipinski definition) is 5. The number of thioether (sulfide) groups is 1. The van der Waals surface area contributed by atoms with Gasteiger partial charge in [0.25, 0.3) is 5.91 Å². The van der Waals surface area contributed by atoms with Crippen molar-refractivity contribution < 1.29 is 14.3 Å². The number of halogens is 1. The molecule has 1 atom stereocenters. The zero-order valence-electron chi connectivity index (χ0n) is 17.5. The maximum Gasteiger partial charge on any atom is 0.414 e. The molecule has 29 heavy (non-hydrogen) atoms. The minimum Gasteiger partial charge on any atom is -0.442 e. The molecule has 0 aromatic rings. The molecule has 0 aliphatic carbocycles. The summed E-state index contributed by atoms with van der Waals surface area (Å²) in [6, 6.07) is 0. The maximum atomic E-state index is 11.9. The number of hydrogen-bond donors (Lipinski definition) is 1. The van der Waals surface area contributed by atoms with Gasteiger partial charge in [-0.05, 0) is 33.1 Å². The van der Waals surface area contributed by atoms with Gasteiger partial charge in [-0.25, -0.2) is 4.79 Å². The molecule has 2 aliphatic heterocycles. The minimum absolute atomic E-state index is 0.242. The summed E-state index contributed by atoms with van der Waals surface area (Å²) in [5, 5.41) is 2.71. The highest BCUT2D eigenvalue weighted by atomic mass is 35.5. The summed E-state index contributed by atoms with van der Waals surface area (Å²) in [7, 11) is 0. The van der Waals surface area contributed by atoms with Crippen LogP contribution in [0.1, 0.15) is 40.0 Å². The number of likely N-dealkylation sites (tertiary alicyclic amines) is 1. The van der Waals surface area contributed by atoms with Gasteiger partial charge in [-0.15, -0.1) is 0 Å². The molecule has 0 radical (unpaired) electrons. The second-order valence-corrected chi connectivity index (χ2v) is 8.27. The van der Waals surface area contributed by atoms with E-state index in [2.05, 4.69) is 35.9 Å². The average molecular weight is 442 g/mol. The fraction of sp³-hybridized carbons (Fsp3) is 0.524. The molecular weight excluding hydrogens is 410 g/mol. The normalized spacial score (nSPS) is 19.5. The van der Waals surface area contributed by atoms with Gasteiger partial charge < -0.3 is 15.0 Å². The van der Waals surface area contributed by atoms with Gasteiger partial charge in [-0.3, -0.25) is 9.69 Å². The van der Waals surface area contributed by atoms with Crippen LogP contribution in [0.25, 0.3) is 0 Å². The smallest absolute Gasteiger partial charge is 0.414 e. The van der Waals surface area contributed by atoms with E-state index in [1.54, 1.807) is 19.2 Å². The summed E-state index contributed by atoms with van der Waals surface area (Å²) in [5.74, 6) is -0.317. The third-order valence-electron chi connectivity index (χ3n) is 4.16. The Morgan fingerprint density at radius 1 is 1.34 bits per heavy atom. The van der Waals surface area contributed by atoms with Crippen molar-refractivity contribution in [1.29, 1.82) is 0 Å². The summed E-state index contributed by atoms with van der Waals surface area (Å²) < 4.78 is 5.74. The SMILES string of the molecule is C/C=C\CC.C=C(S/C(Cl)=C\C)C(=O)NCC1CN(/C=C/N2CCCC2)C(=O)O1. The van der Waals surface area contributed by atoms with Crippen LogP contribution in [0.4, 0.5) is 4.79 Å². The largest absolute Gasteiger partial charge is 0.442 e. The van der Waals surface area contributed by atoms with E-state index in [0.29, 0.717) is 15.8 Å². The lowest BCUT2D eigenvalue weighted by Gasteiger charge is -2.13. The number of allylic oxidation sites excluding steroid dienone is 3. The van der Waals surface area contributed by atoms with Gasteiger partial charge in [0.15, 0.2) is 0 Å². The first-order valence-electron chi connectivity index (χ1n) is 9.88. The van der Waals surface area contributed by atoms with E-state index in [-0.39, 0.29) is 18.6 Å². The molecule has 2 rings (SSSR count). The quantitative estimate of drug-likeness (QED) is 0.432. The first-order valence-corrected chi connectivity index (χ1v) is 11.1. The van der Waals surface area contributed by atoms with Crippen LogP contribution in [0.2, 0.25) is 0 Å². The topological polar surface area (TPSA) is 61.9 Å². The Balaban J connectivity index is 0.000000749. The third kappa shape index (κ3) is 9.94. The molecule has 8 heteroatoms. The van der Waals surface area contributed by atoms with Crippen molar-refractivity contribution in [1.82, 2.24) is 15.1 Å². The monoisotopic (exact) mass is 441 g/mol. The summed E-state index contributed by atoms with van der Waals surface area (Å²) in [5.41, 5.74) is 0. The average Bonchev–Trinajstić information content (AvgIpc) is 3.34. The lowest BCUT2D eigenvalue weighted by Crippen LogP contribution is -2.34. The van der Waals surface area contributed by atoms with Crippen molar-refractivity contribution in [3.05, 3.63) is 46.5 Å². The molecule has 2 aliphatic rings. The Kier molecular flexibility index (Phi) is 12.3. The van der Waals surface area contributed by atoms with Crippen molar-refractivity contribution in [2.24, 2.45) is 0 Å². The summed E-state index contributed by atoms with van der Waals surface area (Å²) in [6.45, 7) is 12.3. The number of cyclic esters (lactones) is 1. The Morgan fingerprint density at radius 2 is 2.03 bits per heavy atom. The Morgan fingerprint density at radius 3 is 2.59 bits per heavy atom. The molecule has 0 aromatic carbocycles. The lowest BCUT2D eigenvalue weighted by atomic mass is 10.3. The first-order chi connectivity index (χ1) is 13.9. The number of amides is 2. The molecular formula is C21H32ClN3O3S. The molecule has 2 amide bonds. The molecule has 1 N–H and O–H groups in total. The van der Waals surface area contributed by atoms with Gasteiger partial charge in [-0.1, -0.05) is 55.1 Å². The molecule has 6 nitrogen and oxygen atoms in total. The van der Waals surface area contributed by atoms with Crippen LogP contribution in [-0.2, 0) is 9.53 Å². The highest BCUT2D eigenvalue weighted by molar-refractivity contribution is 8.08. The second-order valence-electron chi connectivity index (χ2n) is 6.50. The lowest BCUT2D eigenvalue weighted by molar-refractivity contribution is -0.117. The van der Waals surface area contributed by atoms with Crippen molar-refractivity contribution in [3.8, 4) is 0 Å². The highest BCUT2D eigenvalue weighted by Gasteiger charge is 2.30. The molecule has 0 spiro atoms. The van der Waals surface area contributed by atoms with E-state index in [1.807, 2.05) is 13.1 Å². The predicted octanol–water partition coefficient (Wildman–Crippen LogP) is 4.81. The minimum atomic E-state index is -0.394. The Hall–Kier alpha value is -1.86. The maximum absolute atomic E-state index is 11.9. The number of carbonyl (C=O) groups is 2. The fourth-order valence-electron chi connectivity index (χ4n) is 2.60. The molecule has 2 fully saturated rings. The second kappa shape index (κ2) is 14.2. The fourth-order valence-corrected chi connectivity index (χ4v) is 3.40. The van der Waals surface area contributed by atoms with Crippen LogP contribution in [0, 0.1) is 0 Å². The molecule has 0 saturated carbocycles. The van der Waals surface area contributed by atoms with Crippen molar-refractivity contribution in [3.63, 3.8) is 0 Å². The number of rotatable bonds is 8. The Labute approximate surface area is 183 Å². The van der Waals surface area contributed by atoms with Crippen LogP contribution in [0.5, 0.6) is 0 Å². The van der Waals surface area contributed by atoms with Gasteiger partial charge >= 0.3 is 6.09 Å². The zero-order chi connectivity index (χ0) is 21.6. The van der Waals surface area contributed by atoms with Gasteiger partial charge in [0.1, 0.15) is 6.10 Å². The summed E-state index contributed by atoms with van der Waals surface area (Å²) >= 11 is 6.95. The zero-order valence-corrected chi connectivity index (χ0v) is 19.1. The Bertz CT molecular complexity index is 643. The summed E-state index contributed by atoms with van der Waals surface area (Å²) in [6.07, 6.45) is 12.3. The van der Waals surface area contributed by atoms with Crippen LogP contribution in [-0.4, -0.2) is 54.1 Å². The standard InChI is InChI=1S/C16H22ClN3O3S.C5H10/c1-3-14(17)24-12(2)15(21)18-10-13-11-20(16(22)23-13)9-8-19-6-4-5-7-19;1-3-5-4-2/h3,8-9,13H,2,4-7,10-11H2,1H3,(H,18,21);3,5H,4H2,1-2H3/b9-8+,14-3-;5-3-. The van der Waals surface area contributed by atoms with Crippen LogP contribution in [0.3, 0.4) is 0 Å². The number of nitrogens with one attached hydrogen (secondary N) is 1. The highest BCUT2D eigenvalue weighted by Crippen LogP contribution is 2.26. The number of ether oxygens (including phenoxy) is 1. The van der Waals surface area contributed by atoms with Gasteiger partial charge in [0.05, 0.1) is 22.4 Å². The van der Waals surface area contributed by atoms with Crippen LogP contribution >= 0.6 is 23.4 Å². The predicted molar refractivity (Wildman–Crippen MR) is 121 cm³/mol. The molecule has 162 valence electrons. The van der Waals surface area contributed by atoms with Crippen molar-refractivity contribution in [2.75, 3.05) is 26.2 Å². The van der Waals surface area contributed by atoms with Crippen LogP contribution in [0.15, 0.2) is 46.5 Å². The van der Waals surface area contributed by atoms with E-state index < -0.39 is 6.09 Å². The van der Waals surface area contributed by atoms with E-state index in [0.717, 1.165) is 31.3 Å². The van der Waals surface area contributed by atoms with Crippen molar-refractivity contribution in [2.45, 2.75) is 46.1 Å². The first kappa shape index (κ1) is 25.2. The van der Waals surface area contributed by atoms with E-state index in [4.69, 9.17) is 16.3 Å². The van der Waals surface area contributed by atoms with E-state index in [1.165, 1.54) is 17.7 Å². The molecule has 2 saturated heterocycles. The molecule has 2 heterocycles. The van der Waals surface area contributed by atoms with E-state index >= 15 is 0 Å². The van der Waals surface area contributed by atoms with Crippen LogP contribution < -0.4 is 5.32 Å². The van der Waals surface area contributed by atoms with E-state index in [9.17, 15) is 9.59 Å². The summed E-state index contributed by atoms with van der Waals surface area (Å²) in [4.78, 5) is 27.7. The van der Waals surface area contributed by atoms with Gasteiger partial charge in [0, 0.05) is 25.5 Å². The third-order valence-corrected chi connectivity index (χ3v) is 5.48. The molecule has 1 unspecified atom stereocenters.